The van der Waals surface area contributed by atoms with E-state index < -0.39 is 0 Å². The molecule has 496 valence electrons. The molecule has 98 heavy (non-hydrogen) atoms. The summed E-state index contributed by atoms with van der Waals surface area (Å²) in [4.78, 5) is 0. The molecular formula is C98H104. The van der Waals surface area contributed by atoms with E-state index in [1.165, 1.54) is 233 Å². The Morgan fingerprint density at radius 2 is 0.327 bits per heavy atom. The van der Waals surface area contributed by atoms with E-state index in [4.69, 9.17) is 0 Å². The van der Waals surface area contributed by atoms with Crippen molar-refractivity contribution in [3.8, 4) is 111 Å². The van der Waals surface area contributed by atoms with Crippen LogP contribution in [0.3, 0.4) is 0 Å². The Labute approximate surface area is 590 Å². The van der Waals surface area contributed by atoms with Crippen LogP contribution in [0.2, 0.25) is 0 Å². The van der Waals surface area contributed by atoms with Crippen LogP contribution in [0.1, 0.15) is 164 Å². The first-order valence-electron chi connectivity index (χ1n) is 37.5. The van der Waals surface area contributed by atoms with Crippen molar-refractivity contribution in [2.75, 3.05) is 0 Å². The lowest BCUT2D eigenvalue weighted by atomic mass is 9.91. The first-order chi connectivity index (χ1) is 48.2. The van der Waals surface area contributed by atoms with Gasteiger partial charge in [0.1, 0.15) is 0 Å². The van der Waals surface area contributed by atoms with E-state index in [9.17, 15) is 0 Å². The molecule has 0 aliphatic carbocycles. The van der Waals surface area contributed by atoms with Crippen LogP contribution in [0.5, 0.6) is 0 Å². The van der Waals surface area contributed by atoms with E-state index >= 15 is 0 Å². The largest absolute Gasteiger partial charge is 0.0654 e. The topological polar surface area (TPSA) is 0 Å². The van der Waals surface area contributed by atoms with E-state index in [1.54, 1.807) is 0 Å². The van der Waals surface area contributed by atoms with Crippen LogP contribution in [-0.4, -0.2) is 0 Å². The minimum absolute atomic E-state index is 1.01. The molecule has 0 aromatic heterocycles. The van der Waals surface area contributed by atoms with Gasteiger partial charge in [-0.1, -0.05) is 361 Å². The van der Waals surface area contributed by atoms with Crippen molar-refractivity contribution in [1.82, 2.24) is 0 Å². The predicted octanol–water partition coefficient (Wildman–Crippen LogP) is 28.4. The molecule has 0 aliphatic heterocycles. The predicted molar refractivity (Wildman–Crippen MR) is 428 cm³/mol. The second kappa shape index (κ2) is 35.2. The van der Waals surface area contributed by atoms with Gasteiger partial charge in [-0.3, -0.25) is 0 Å². The Bertz CT molecular complexity index is 4130. The monoisotopic (exact) mass is 1280 g/mol. The van der Waals surface area contributed by atoms with Crippen LogP contribution < -0.4 is 0 Å². The van der Waals surface area contributed by atoms with Gasteiger partial charge < -0.3 is 0 Å². The van der Waals surface area contributed by atoms with Crippen LogP contribution in [0.4, 0.5) is 0 Å². The Morgan fingerprint density at radius 3 is 0.520 bits per heavy atom. The van der Waals surface area contributed by atoms with E-state index in [1.807, 2.05) is 0 Å². The number of unbranched alkanes of at least 4 members (excludes halogenated alkanes) is 4. The summed E-state index contributed by atoms with van der Waals surface area (Å²) in [6, 6.07) is 101. The molecule has 0 heterocycles. The molecule has 0 N–H and O–H groups in total. The molecule has 12 aromatic carbocycles. The Morgan fingerprint density at radius 1 is 0.153 bits per heavy atom. The van der Waals surface area contributed by atoms with Gasteiger partial charge in [0.15, 0.2) is 0 Å². The zero-order valence-corrected chi connectivity index (χ0v) is 60.1. The molecular weight excluding hydrogens is 1180 g/mol. The maximum atomic E-state index is 2.41. The Kier molecular flexibility index (Phi) is 25.2. The molecule has 0 saturated heterocycles. The molecule has 0 bridgehead atoms. The fourth-order valence-corrected chi connectivity index (χ4v) is 14.1. The van der Waals surface area contributed by atoms with Crippen molar-refractivity contribution < 1.29 is 0 Å². The Balaban J connectivity index is 0.000000199. The normalized spacial score (nSPS) is 11.2. The van der Waals surface area contributed by atoms with Crippen molar-refractivity contribution in [2.24, 2.45) is 0 Å². The lowest BCUT2D eigenvalue weighted by Crippen LogP contribution is -1.92. The Hall–Kier alpha value is -9.36. The number of aryl methyl sites for hydroxylation is 8. The maximum absolute atomic E-state index is 2.41. The average Bonchev–Trinajstić information content (AvgIpc) is 0.886. The van der Waals surface area contributed by atoms with Crippen molar-refractivity contribution in [2.45, 2.75) is 171 Å². The highest BCUT2D eigenvalue weighted by molar-refractivity contribution is 5.81. The summed E-state index contributed by atoms with van der Waals surface area (Å²) in [7, 11) is 0. The van der Waals surface area contributed by atoms with Crippen molar-refractivity contribution in [1.29, 1.82) is 0 Å². The lowest BCUT2D eigenvalue weighted by Gasteiger charge is -2.14. The van der Waals surface area contributed by atoms with Gasteiger partial charge in [0.2, 0.25) is 0 Å². The van der Waals surface area contributed by atoms with Gasteiger partial charge in [-0.25, -0.2) is 0 Å². The molecule has 0 fully saturated rings. The fourth-order valence-electron chi connectivity index (χ4n) is 14.1. The van der Waals surface area contributed by atoms with Crippen LogP contribution in [-0.2, 0) is 51.4 Å². The summed E-state index contributed by atoms with van der Waals surface area (Å²) >= 11 is 0. The van der Waals surface area contributed by atoms with Crippen LogP contribution in [0.25, 0.3) is 111 Å². The molecule has 0 saturated carbocycles. The summed E-state index contributed by atoms with van der Waals surface area (Å²) in [6.07, 6.45) is 21.1. The van der Waals surface area contributed by atoms with E-state index in [0.717, 1.165) is 38.5 Å². The van der Waals surface area contributed by atoms with Crippen LogP contribution in [0, 0.1) is 0 Å². The summed E-state index contributed by atoms with van der Waals surface area (Å²) in [5.41, 5.74) is 37.3. The highest BCUT2D eigenvalue weighted by Gasteiger charge is 2.14. The number of hydrogen-bond acceptors (Lipinski definition) is 0. The molecule has 0 amide bonds. The summed E-state index contributed by atoms with van der Waals surface area (Å²) in [6.45, 7) is 18.1. The zero-order chi connectivity index (χ0) is 68.0. The quantitative estimate of drug-likeness (QED) is 0.0458. The summed E-state index contributed by atoms with van der Waals surface area (Å²) < 4.78 is 0. The van der Waals surface area contributed by atoms with Gasteiger partial charge >= 0.3 is 0 Å². The average molecular weight is 1280 g/mol. The van der Waals surface area contributed by atoms with Crippen molar-refractivity contribution in [3.63, 3.8) is 0 Å². The third-order valence-electron chi connectivity index (χ3n) is 20.1. The summed E-state index contributed by atoms with van der Waals surface area (Å²) in [5.74, 6) is 0. The SMILES string of the molecule is CCCCc1ccc(-c2ccc(-c3ccc(-c4ccc(-c5ccc(-c6ccc(CCCC)cc6)c(CC)c5)cc4)cc3)cc2CC)cc1.CCCCc1ccc(-c2ccc(-c3ccc(-c4ccc(-c5ccc(-c6ccc(CCCC)cc6)c(CCC)c5)cc4)cc3)cc2CCC)cc1. The fraction of sp³-hybridized carbons (Fsp3) is 0.265. The molecule has 0 atom stereocenters. The molecule has 12 aromatic rings. The number of benzene rings is 12. The van der Waals surface area contributed by atoms with Gasteiger partial charge in [-0.15, -0.1) is 0 Å². The first kappa shape index (κ1) is 70.0. The van der Waals surface area contributed by atoms with Gasteiger partial charge in [-0.2, -0.15) is 0 Å². The number of rotatable bonds is 28. The van der Waals surface area contributed by atoms with Crippen LogP contribution >= 0.6 is 0 Å². The molecule has 0 heteroatoms. The highest BCUT2D eigenvalue weighted by Crippen LogP contribution is 2.38. The van der Waals surface area contributed by atoms with Crippen molar-refractivity contribution >= 4 is 0 Å². The van der Waals surface area contributed by atoms with E-state index in [-0.39, 0.29) is 0 Å². The smallest absolute Gasteiger partial charge is 0.0151 e. The van der Waals surface area contributed by atoms with Crippen LogP contribution in [0.15, 0.2) is 267 Å². The highest BCUT2D eigenvalue weighted by atomic mass is 14.2. The third kappa shape index (κ3) is 17.9. The second-order valence-corrected chi connectivity index (χ2v) is 27.2. The zero-order valence-electron chi connectivity index (χ0n) is 60.1. The van der Waals surface area contributed by atoms with Gasteiger partial charge in [0.05, 0.1) is 0 Å². The third-order valence-corrected chi connectivity index (χ3v) is 20.1. The molecule has 0 radical (unpaired) electrons. The minimum Gasteiger partial charge on any atom is -0.0654 e. The van der Waals surface area contributed by atoms with Gasteiger partial charge in [0.25, 0.3) is 0 Å². The van der Waals surface area contributed by atoms with Crippen molar-refractivity contribution in [3.05, 3.63) is 311 Å². The molecule has 0 nitrogen and oxygen atoms in total. The standard InChI is InChI=1S/C50H54.C48H50/c1-5-9-13-37-15-19-43(20-16-37)49-33-31-45(35-47(49)11-7-3)41-27-23-39(24-28-41)40-25-29-42(30-26-40)46-32-34-50(48(36-46)12-8-4)44-21-17-38(18-22-44)14-10-6-2;1-5-9-11-35-13-17-43(18-14-35)47-31-29-45(33-37(47)7-3)41-25-21-39(22-26-41)40-23-27-42(28-24-40)46-30-32-48(38(8-4)34-46)44-19-15-36(16-20-44)12-10-6-2/h15-36H,5-14H2,1-4H3;13-34H,5-12H2,1-4H3. The van der Waals surface area contributed by atoms with E-state index in [0.29, 0.717) is 0 Å². The molecule has 0 aliphatic rings. The van der Waals surface area contributed by atoms with Gasteiger partial charge in [-0.05, 0) is 233 Å². The molecule has 12 rings (SSSR count). The first-order valence-corrected chi connectivity index (χ1v) is 37.5. The molecule has 0 unspecified atom stereocenters. The van der Waals surface area contributed by atoms with E-state index in [2.05, 4.69) is 322 Å². The summed E-state index contributed by atoms with van der Waals surface area (Å²) in [5, 5.41) is 0. The van der Waals surface area contributed by atoms with Gasteiger partial charge in [0, 0.05) is 0 Å². The lowest BCUT2D eigenvalue weighted by molar-refractivity contribution is 0.795. The minimum atomic E-state index is 1.01. The number of hydrogen-bond donors (Lipinski definition) is 0. The second-order valence-electron chi connectivity index (χ2n) is 27.2. The molecule has 0 spiro atoms. The maximum Gasteiger partial charge on any atom is -0.0151 e.